The van der Waals surface area contributed by atoms with Crippen LogP contribution in [0.5, 0.6) is 0 Å². The summed E-state index contributed by atoms with van der Waals surface area (Å²) in [7, 11) is 1.73. The third-order valence-electron chi connectivity index (χ3n) is 2.58. The van der Waals surface area contributed by atoms with Crippen molar-refractivity contribution in [2.24, 2.45) is 17.6 Å². The van der Waals surface area contributed by atoms with E-state index in [9.17, 15) is 4.79 Å². The minimum absolute atomic E-state index is 0.000685. The molecule has 0 aromatic carbocycles. The number of hydrogen-bond donors (Lipinski definition) is 1. The Kier molecular flexibility index (Phi) is 3.87. The van der Waals surface area contributed by atoms with Gasteiger partial charge in [0.2, 0.25) is 5.91 Å². The molecule has 1 amide bonds. The van der Waals surface area contributed by atoms with Crippen LogP contribution in [-0.4, -0.2) is 30.4 Å². The van der Waals surface area contributed by atoms with Crippen LogP contribution in [-0.2, 0) is 4.79 Å². The monoisotopic (exact) mass is 207 g/mol. The second-order valence-electron chi connectivity index (χ2n) is 4.14. The predicted octanol–water partition coefficient (Wildman–Crippen LogP) is 0.508. The Morgan fingerprint density at radius 3 is 2.87 bits per heavy atom. The number of hydrogen-bond acceptors (Lipinski definition) is 3. The van der Waals surface area contributed by atoms with Gasteiger partial charge < -0.3 is 10.6 Å². The molecule has 0 aromatic heterocycles. The number of rotatable bonds is 3. The van der Waals surface area contributed by atoms with Crippen LogP contribution in [0.15, 0.2) is 12.2 Å². The van der Waals surface area contributed by atoms with Gasteiger partial charge in [0, 0.05) is 19.6 Å². The van der Waals surface area contributed by atoms with Gasteiger partial charge >= 0.3 is 0 Å². The highest BCUT2D eigenvalue weighted by Gasteiger charge is 2.25. The van der Waals surface area contributed by atoms with E-state index in [1.54, 1.807) is 18.9 Å². The van der Waals surface area contributed by atoms with Crippen LogP contribution in [0, 0.1) is 23.2 Å². The first-order valence-electron chi connectivity index (χ1n) is 5.13. The standard InChI is InChI=1S/C11H17N3O/c1-8(6-12)7-14(2)11(15)9-3-4-10(13)5-9/h3-4,8-10H,5,7,13H2,1-2H3. The number of nitrogens with zero attached hydrogens (tertiary/aromatic N) is 2. The number of nitriles is 1. The van der Waals surface area contributed by atoms with Crippen molar-refractivity contribution >= 4 is 5.91 Å². The summed E-state index contributed by atoms with van der Waals surface area (Å²) in [6.45, 7) is 2.29. The molecule has 0 radical (unpaired) electrons. The van der Waals surface area contributed by atoms with Gasteiger partial charge in [0.15, 0.2) is 0 Å². The zero-order valence-corrected chi connectivity index (χ0v) is 9.18. The van der Waals surface area contributed by atoms with E-state index in [0.29, 0.717) is 13.0 Å². The van der Waals surface area contributed by atoms with E-state index in [4.69, 9.17) is 11.0 Å². The Balaban J connectivity index is 2.47. The highest BCUT2D eigenvalue weighted by molar-refractivity contribution is 5.81. The van der Waals surface area contributed by atoms with E-state index in [-0.39, 0.29) is 23.8 Å². The van der Waals surface area contributed by atoms with Gasteiger partial charge in [-0.1, -0.05) is 12.2 Å². The fourth-order valence-electron chi connectivity index (χ4n) is 1.73. The molecule has 0 aromatic rings. The minimum Gasteiger partial charge on any atom is -0.344 e. The summed E-state index contributed by atoms with van der Waals surface area (Å²) in [4.78, 5) is 13.5. The third kappa shape index (κ3) is 3.07. The number of nitrogens with two attached hydrogens (primary N) is 1. The molecule has 4 nitrogen and oxygen atoms in total. The summed E-state index contributed by atoms with van der Waals surface area (Å²) >= 11 is 0. The van der Waals surface area contributed by atoms with Crippen molar-refractivity contribution in [3.63, 3.8) is 0 Å². The van der Waals surface area contributed by atoms with E-state index in [1.807, 2.05) is 12.2 Å². The molecule has 15 heavy (non-hydrogen) atoms. The SMILES string of the molecule is CC(C#N)CN(C)C(=O)C1C=CC(N)C1. The molecule has 4 heteroatoms. The van der Waals surface area contributed by atoms with Crippen LogP contribution < -0.4 is 5.73 Å². The molecule has 0 saturated heterocycles. The molecule has 2 N–H and O–H groups in total. The van der Waals surface area contributed by atoms with E-state index < -0.39 is 0 Å². The number of carbonyl (C=O) groups is 1. The van der Waals surface area contributed by atoms with Crippen molar-refractivity contribution in [3.05, 3.63) is 12.2 Å². The lowest BCUT2D eigenvalue weighted by Gasteiger charge is -2.21. The largest absolute Gasteiger partial charge is 0.344 e. The first kappa shape index (κ1) is 11.7. The van der Waals surface area contributed by atoms with Crippen LogP contribution in [0.1, 0.15) is 13.3 Å². The smallest absolute Gasteiger partial charge is 0.229 e. The Morgan fingerprint density at radius 2 is 2.40 bits per heavy atom. The Morgan fingerprint density at radius 1 is 1.73 bits per heavy atom. The van der Waals surface area contributed by atoms with E-state index in [0.717, 1.165) is 0 Å². The Bertz CT molecular complexity index is 305. The van der Waals surface area contributed by atoms with Crippen LogP contribution in [0.3, 0.4) is 0 Å². The van der Waals surface area contributed by atoms with Gasteiger partial charge in [-0.2, -0.15) is 5.26 Å². The maximum Gasteiger partial charge on any atom is 0.229 e. The average Bonchev–Trinajstić information content (AvgIpc) is 2.63. The predicted molar refractivity (Wildman–Crippen MR) is 57.6 cm³/mol. The van der Waals surface area contributed by atoms with Crippen molar-refractivity contribution in [3.8, 4) is 6.07 Å². The Hall–Kier alpha value is -1.34. The topological polar surface area (TPSA) is 70.1 Å². The molecule has 82 valence electrons. The van der Waals surface area contributed by atoms with Gasteiger partial charge in [-0.05, 0) is 13.3 Å². The first-order chi connectivity index (χ1) is 7.04. The molecular weight excluding hydrogens is 190 g/mol. The van der Waals surface area contributed by atoms with Crippen LogP contribution >= 0.6 is 0 Å². The van der Waals surface area contributed by atoms with Crippen LogP contribution in [0.25, 0.3) is 0 Å². The van der Waals surface area contributed by atoms with Crippen LogP contribution in [0.2, 0.25) is 0 Å². The molecule has 1 aliphatic carbocycles. The van der Waals surface area contributed by atoms with Gasteiger partial charge in [0.25, 0.3) is 0 Å². The average molecular weight is 207 g/mol. The fourth-order valence-corrected chi connectivity index (χ4v) is 1.73. The fraction of sp³-hybridized carbons (Fsp3) is 0.636. The summed E-state index contributed by atoms with van der Waals surface area (Å²) in [5.74, 6) is -0.171. The van der Waals surface area contributed by atoms with Crippen molar-refractivity contribution in [2.75, 3.05) is 13.6 Å². The van der Waals surface area contributed by atoms with Gasteiger partial charge in [0.1, 0.15) is 0 Å². The molecule has 1 rings (SSSR count). The molecular formula is C11H17N3O. The maximum atomic E-state index is 11.9. The molecule has 0 heterocycles. The molecule has 3 atom stereocenters. The molecule has 3 unspecified atom stereocenters. The van der Waals surface area contributed by atoms with Gasteiger partial charge in [-0.15, -0.1) is 0 Å². The summed E-state index contributed by atoms with van der Waals surface area (Å²) in [5.41, 5.74) is 5.68. The summed E-state index contributed by atoms with van der Waals surface area (Å²) < 4.78 is 0. The van der Waals surface area contributed by atoms with Gasteiger partial charge in [-0.3, -0.25) is 4.79 Å². The second kappa shape index (κ2) is 4.94. The number of carbonyl (C=O) groups excluding carboxylic acids is 1. The minimum atomic E-state index is -0.127. The molecule has 0 aliphatic heterocycles. The first-order valence-corrected chi connectivity index (χ1v) is 5.13. The maximum absolute atomic E-state index is 11.9. The van der Waals surface area contributed by atoms with Crippen molar-refractivity contribution in [1.82, 2.24) is 4.90 Å². The highest BCUT2D eigenvalue weighted by atomic mass is 16.2. The summed E-state index contributed by atoms with van der Waals surface area (Å²) in [5, 5.41) is 8.65. The van der Waals surface area contributed by atoms with E-state index in [2.05, 4.69) is 6.07 Å². The highest BCUT2D eigenvalue weighted by Crippen LogP contribution is 2.18. The van der Waals surface area contributed by atoms with Crippen molar-refractivity contribution in [1.29, 1.82) is 5.26 Å². The lowest BCUT2D eigenvalue weighted by Crippen LogP contribution is -2.35. The molecule has 0 spiro atoms. The molecule has 0 saturated carbocycles. The normalized spacial score (nSPS) is 26.0. The zero-order chi connectivity index (χ0) is 11.4. The van der Waals surface area contributed by atoms with Gasteiger partial charge in [-0.25, -0.2) is 0 Å². The van der Waals surface area contributed by atoms with Gasteiger partial charge in [0.05, 0.1) is 17.9 Å². The van der Waals surface area contributed by atoms with Crippen molar-refractivity contribution in [2.45, 2.75) is 19.4 Å². The van der Waals surface area contributed by atoms with Crippen molar-refractivity contribution < 1.29 is 4.79 Å². The number of amides is 1. The summed E-state index contributed by atoms with van der Waals surface area (Å²) in [6.07, 6.45) is 4.41. The van der Waals surface area contributed by atoms with Crippen LogP contribution in [0.4, 0.5) is 0 Å². The third-order valence-corrected chi connectivity index (χ3v) is 2.58. The summed E-state index contributed by atoms with van der Waals surface area (Å²) in [6, 6.07) is 2.11. The second-order valence-corrected chi connectivity index (χ2v) is 4.14. The Labute approximate surface area is 90.3 Å². The van der Waals surface area contributed by atoms with E-state index >= 15 is 0 Å². The quantitative estimate of drug-likeness (QED) is 0.685. The van der Waals surface area contributed by atoms with E-state index in [1.165, 1.54) is 0 Å². The lowest BCUT2D eigenvalue weighted by molar-refractivity contribution is -0.133. The molecule has 1 aliphatic rings. The molecule has 0 fully saturated rings. The molecule has 0 bridgehead atoms. The zero-order valence-electron chi connectivity index (χ0n) is 9.18. The lowest BCUT2D eigenvalue weighted by atomic mass is 10.1.